The van der Waals surface area contributed by atoms with E-state index in [2.05, 4.69) is 26.7 Å². The fourth-order valence-electron chi connectivity index (χ4n) is 1.96. The van der Waals surface area contributed by atoms with Crippen LogP contribution in [0.1, 0.15) is 5.82 Å². The predicted molar refractivity (Wildman–Crippen MR) is 82.1 cm³/mol. The van der Waals surface area contributed by atoms with Crippen molar-refractivity contribution in [2.75, 3.05) is 0 Å². The van der Waals surface area contributed by atoms with Crippen molar-refractivity contribution < 1.29 is 0 Å². The maximum absolute atomic E-state index is 12.0. The van der Waals surface area contributed by atoms with Crippen LogP contribution in [0.2, 0.25) is 0 Å². The number of hydrogen-bond acceptors (Lipinski definition) is 5. The van der Waals surface area contributed by atoms with Crippen molar-refractivity contribution in [3.05, 3.63) is 59.4 Å². The summed E-state index contributed by atoms with van der Waals surface area (Å²) in [5.74, 6) is 1.15. The Morgan fingerprint density at radius 2 is 2.24 bits per heavy atom. The number of para-hydroxylation sites is 1. The van der Waals surface area contributed by atoms with Crippen molar-refractivity contribution in [1.29, 1.82) is 0 Å². The minimum atomic E-state index is -0.122. The van der Waals surface area contributed by atoms with Gasteiger partial charge in [-0.2, -0.15) is 0 Å². The van der Waals surface area contributed by atoms with E-state index in [0.29, 0.717) is 29.0 Å². The Kier molecular flexibility index (Phi) is 3.83. The molecule has 0 aliphatic carbocycles. The number of benzene rings is 1. The Bertz CT molecular complexity index is 838. The van der Waals surface area contributed by atoms with Crippen LogP contribution in [0.15, 0.2) is 53.2 Å². The second-order valence-corrected chi connectivity index (χ2v) is 5.32. The summed E-state index contributed by atoms with van der Waals surface area (Å²) in [6, 6.07) is 7.29. The Balaban J connectivity index is 1.83. The maximum atomic E-state index is 12.0. The molecule has 0 aliphatic heterocycles. The average molecular weight is 299 g/mol. The van der Waals surface area contributed by atoms with Crippen LogP contribution in [-0.4, -0.2) is 24.7 Å². The van der Waals surface area contributed by atoms with Gasteiger partial charge in [-0.1, -0.05) is 30.0 Å². The Hall–Kier alpha value is -2.41. The molecule has 106 valence electrons. The van der Waals surface area contributed by atoms with Crippen molar-refractivity contribution in [2.24, 2.45) is 0 Å². The molecule has 0 spiro atoms. The fourth-order valence-corrected chi connectivity index (χ4v) is 2.75. The average Bonchev–Trinajstić information content (AvgIpc) is 2.93. The van der Waals surface area contributed by atoms with Gasteiger partial charge in [0.05, 0.1) is 16.7 Å². The van der Waals surface area contributed by atoms with Gasteiger partial charge < -0.3 is 9.55 Å². The number of allylic oxidation sites excluding steroid dienone is 1. The first-order valence-electron chi connectivity index (χ1n) is 6.37. The first kappa shape index (κ1) is 13.6. The van der Waals surface area contributed by atoms with Crippen molar-refractivity contribution in [3.63, 3.8) is 0 Å². The van der Waals surface area contributed by atoms with Crippen molar-refractivity contribution in [2.45, 2.75) is 17.5 Å². The third kappa shape index (κ3) is 2.87. The highest BCUT2D eigenvalue weighted by Gasteiger charge is 2.07. The lowest BCUT2D eigenvalue weighted by atomic mass is 10.2. The van der Waals surface area contributed by atoms with Gasteiger partial charge in [0, 0.05) is 6.54 Å². The summed E-state index contributed by atoms with van der Waals surface area (Å²) in [4.78, 5) is 19.2. The molecule has 1 aromatic carbocycles. The molecule has 0 aliphatic rings. The quantitative estimate of drug-likeness (QED) is 0.576. The highest BCUT2D eigenvalue weighted by Crippen LogP contribution is 2.19. The van der Waals surface area contributed by atoms with Crippen LogP contribution in [-0.2, 0) is 12.3 Å². The third-order valence-electron chi connectivity index (χ3n) is 2.91. The topological polar surface area (TPSA) is 76.5 Å². The SMILES string of the molecule is C=CCn1cnnc1SCc1nc2ccccc2c(=O)[nH]1. The summed E-state index contributed by atoms with van der Waals surface area (Å²) in [6.45, 7) is 4.35. The monoisotopic (exact) mass is 299 g/mol. The molecule has 0 fully saturated rings. The van der Waals surface area contributed by atoms with Gasteiger partial charge in [-0.3, -0.25) is 4.79 Å². The largest absolute Gasteiger partial charge is 0.309 e. The molecular formula is C14H13N5OS. The van der Waals surface area contributed by atoms with Gasteiger partial charge in [0.25, 0.3) is 5.56 Å². The smallest absolute Gasteiger partial charge is 0.258 e. The molecule has 7 heteroatoms. The van der Waals surface area contributed by atoms with E-state index in [1.165, 1.54) is 11.8 Å². The molecule has 3 aromatic rings. The summed E-state index contributed by atoms with van der Waals surface area (Å²) in [7, 11) is 0. The minimum absolute atomic E-state index is 0.122. The molecule has 0 saturated heterocycles. The molecular weight excluding hydrogens is 286 g/mol. The number of aromatic amines is 1. The predicted octanol–water partition coefficient (Wildman–Crippen LogP) is 1.99. The molecule has 0 bridgehead atoms. The number of rotatable bonds is 5. The van der Waals surface area contributed by atoms with Crippen LogP contribution in [0, 0.1) is 0 Å². The first-order chi connectivity index (χ1) is 10.3. The molecule has 21 heavy (non-hydrogen) atoms. The Morgan fingerprint density at radius 1 is 1.38 bits per heavy atom. The number of nitrogens with zero attached hydrogens (tertiary/aromatic N) is 4. The van der Waals surface area contributed by atoms with Gasteiger partial charge in [0.2, 0.25) is 0 Å². The summed E-state index contributed by atoms with van der Waals surface area (Å²) in [6.07, 6.45) is 3.43. The highest BCUT2D eigenvalue weighted by molar-refractivity contribution is 7.98. The molecule has 2 aromatic heterocycles. The molecule has 0 atom stereocenters. The van der Waals surface area contributed by atoms with Gasteiger partial charge in [-0.05, 0) is 12.1 Å². The van der Waals surface area contributed by atoms with E-state index < -0.39 is 0 Å². The lowest BCUT2D eigenvalue weighted by molar-refractivity contribution is 0.724. The lowest BCUT2D eigenvalue weighted by Gasteiger charge is -2.04. The summed E-state index contributed by atoms with van der Waals surface area (Å²) in [5, 5.41) is 9.28. The van der Waals surface area contributed by atoms with E-state index in [0.717, 1.165) is 5.16 Å². The lowest BCUT2D eigenvalue weighted by Crippen LogP contribution is -2.11. The molecule has 0 saturated carbocycles. The molecule has 0 unspecified atom stereocenters. The van der Waals surface area contributed by atoms with Gasteiger partial charge in [0.1, 0.15) is 12.2 Å². The van der Waals surface area contributed by atoms with Crippen LogP contribution < -0.4 is 5.56 Å². The zero-order valence-corrected chi connectivity index (χ0v) is 12.0. The molecule has 0 radical (unpaired) electrons. The molecule has 3 rings (SSSR count). The maximum Gasteiger partial charge on any atom is 0.258 e. The number of thioether (sulfide) groups is 1. The number of H-pyrrole nitrogens is 1. The Labute approximate surface area is 124 Å². The van der Waals surface area contributed by atoms with Crippen molar-refractivity contribution >= 4 is 22.7 Å². The van der Waals surface area contributed by atoms with Gasteiger partial charge >= 0.3 is 0 Å². The van der Waals surface area contributed by atoms with Crippen LogP contribution >= 0.6 is 11.8 Å². The highest BCUT2D eigenvalue weighted by atomic mass is 32.2. The number of nitrogens with one attached hydrogen (secondary N) is 1. The van der Waals surface area contributed by atoms with E-state index in [-0.39, 0.29) is 5.56 Å². The van der Waals surface area contributed by atoms with Gasteiger partial charge in [-0.15, -0.1) is 16.8 Å². The van der Waals surface area contributed by atoms with E-state index in [9.17, 15) is 4.79 Å². The Morgan fingerprint density at radius 3 is 3.10 bits per heavy atom. The summed E-state index contributed by atoms with van der Waals surface area (Å²) in [5.41, 5.74) is 0.577. The van der Waals surface area contributed by atoms with Crippen LogP contribution in [0.5, 0.6) is 0 Å². The van der Waals surface area contributed by atoms with Gasteiger partial charge in [-0.25, -0.2) is 4.98 Å². The second-order valence-electron chi connectivity index (χ2n) is 4.37. The number of fused-ring (bicyclic) bond motifs is 1. The second kappa shape index (κ2) is 5.92. The van der Waals surface area contributed by atoms with Crippen molar-refractivity contribution in [1.82, 2.24) is 24.7 Å². The van der Waals surface area contributed by atoms with Gasteiger partial charge in [0.15, 0.2) is 5.16 Å². The molecule has 2 heterocycles. The van der Waals surface area contributed by atoms with E-state index in [1.54, 1.807) is 18.5 Å². The number of hydrogen-bond donors (Lipinski definition) is 1. The first-order valence-corrected chi connectivity index (χ1v) is 7.36. The summed E-state index contributed by atoms with van der Waals surface area (Å²) >= 11 is 1.47. The van der Waals surface area contributed by atoms with E-state index >= 15 is 0 Å². The van der Waals surface area contributed by atoms with E-state index in [1.807, 2.05) is 22.8 Å². The minimum Gasteiger partial charge on any atom is -0.309 e. The fraction of sp³-hybridized carbons (Fsp3) is 0.143. The zero-order valence-electron chi connectivity index (χ0n) is 11.2. The number of aromatic nitrogens is 5. The molecule has 6 nitrogen and oxygen atoms in total. The van der Waals surface area contributed by atoms with E-state index in [4.69, 9.17) is 0 Å². The van der Waals surface area contributed by atoms with Crippen LogP contribution in [0.3, 0.4) is 0 Å². The molecule has 0 amide bonds. The van der Waals surface area contributed by atoms with Crippen LogP contribution in [0.25, 0.3) is 10.9 Å². The third-order valence-corrected chi connectivity index (χ3v) is 3.90. The van der Waals surface area contributed by atoms with Crippen molar-refractivity contribution in [3.8, 4) is 0 Å². The van der Waals surface area contributed by atoms with Crippen LogP contribution in [0.4, 0.5) is 0 Å². The standard InChI is InChI=1S/C14H13N5OS/c1-2-7-19-9-15-18-14(19)21-8-12-16-11-6-4-3-5-10(11)13(20)17-12/h2-6,9H,1,7-8H2,(H,16,17,20). The normalized spacial score (nSPS) is 10.9. The molecule has 1 N–H and O–H groups in total. The summed E-state index contributed by atoms with van der Waals surface area (Å²) < 4.78 is 1.89. The zero-order chi connectivity index (χ0) is 14.7.